The first kappa shape index (κ1) is 25.7. The molecule has 4 fully saturated rings. The Hall–Kier alpha value is -1.93. The molecule has 0 aromatic rings. The third-order valence-corrected chi connectivity index (χ3v) is 11.3. The Balaban J connectivity index is 1.49. The second-order valence-electron chi connectivity index (χ2n) is 11.8. The van der Waals surface area contributed by atoms with Gasteiger partial charge in [0.15, 0.2) is 11.4 Å². The Morgan fingerprint density at radius 3 is 2.61 bits per heavy atom. The molecule has 0 unspecified atom stereocenters. The van der Waals surface area contributed by atoms with Crippen molar-refractivity contribution in [2.75, 3.05) is 13.2 Å². The smallest absolute Gasteiger partial charge is 0.319 e. The molecule has 0 bridgehead atoms. The van der Waals surface area contributed by atoms with Crippen molar-refractivity contribution in [2.24, 2.45) is 34.5 Å². The Labute approximate surface area is 216 Å². The number of thioether (sulfide) groups is 1. The van der Waals surface area contributed by atoms with Crippen molar-refractivity contribution in [3.8, 4) is 0 Å². The van der Waals surface area contributed by atoms with E-state index < -0.39 is 22.2 Å². The van der Waals surface area contributed by atoms with E-state index in [1.165, 1.54) is 5.57 Å². The van der Waals surface area contributed by atoms with Crippen LogP contribution in [0.4, 0.5) is 0 Å². The van der Waals surface area contributed by atoms with Gasteiger partial charge in [-0.25, -0.2) is 0 Å². The van der Waals surface area contributed by atoms with E-state index in [2.05, 4.69) is 26.8 Å². The summed E-state index contributed by atoms with van der Waals surface area (Å²) in [6.45, 7) is 6.49. The lowest BCUT2D eigenvalue weighted by atomic mass is 9.46. The SMILES string of the molecule is C[C@H]1C[C@@H]2[C@H](CC[C@@]3(C)[C@H]2CC[C@]3(OC(=O)CCO)C(=O)S[C@H]2CCOC2=O)[C@@]2(C)C=CC(=O)C=C12. The molecule has 0 radical (unpaired) electrons. The molecule has 1 heterocycles. The third kappa shape index (κ3) is 3.73. The Morgan fingerprint density at radius 2 is 1.92 bits per heavy atom. The summed E-state index contributed by atoms with van der Waals surface area (Å²) < 4.78 is 11.2. The molecule has 1 saturated heterocycles. The van der Waals surface area contributed by atoms with Crippen molar-refractivity contribution >= 4 is 34.6 Å². The molecule has 1 N–H and O–H groups in total. The van der Waals surface area contributed by atoms with Gasteiger partial charge in [0.25, 0.3) is 0 Å². The number of cyclic esters (lactones) is 1. The topological polar surface area (TPSA) is 107 Å². The van der Waals surface area contributed by atoms with Gasteiger partial charge < -0.3 is 14.6 Å². The molecule has 0 aromatic carbocycles. The van der Waals surface area contributed by atoms with Crippen molar-refractivity contribution in [1.29, 1.82) is 0 Å². The first-order valence-corrected chi connectivity index (χ1v) is 14.1. The lowest BCUT2D eigenvalue weighted by molar-refractivity contribution is -0.185. The number of rotatable bonds is 5. The molecular formula is C28H36O7S. The number of carbonyl (C=O) groups excluding carboxylic acids is 4. The molecule has 0 aromatic heterocycles. The zero-order valence-electron chi connectivity index (χ0n) is 21.3. The highest BCUT2D eigenvalue weighted by atomic mass is 32.2. The van der Waals surface area contributed by atoms with Crippen LogP contribution < -0.4 is 0 Å². The highest BCUT2D eigenvalue weighted by molar-refractivity contribution is 8.14. The largest absolute Gasteiger partial charge is 0.465 e. The Bertz CT molecular complexity index is 1050. The quantitative estimate of drug-likeness (QED) is 0.550. The molecule has 0 spiro atoms. The average Bonchev–Trinajstić information content (AvgIpc) is 3.36. The molecule has 4 aliphatic carbocycles. The minimum absolute atomic E-state index is 0.0529. The van der Waals surface area contributed by atoms with Gasteiger partial charge in [-0.3, -0.25) is 19.2 Å². The molecule has 36 heavy (non-hydrogen) atoms. The van der Waals surface area contributed by atoms with E-state index in [-0.39, 0.29) is 47.1 Å². The van der Waals surface area contributed by atoms with Crippen LogP contribution in [0.15, 0.2) is 23.8 Å². The van der Waals surface area contributed by atoms with Crippen LogP contribution in [0.1, 0.15) is 65.7 Å². The number of fused-ring (bicyclic) bond motifs is 5. The van der Waals surface area contributed by atoms with Gasteiger partial charge in [0.1, 0.15) is 5.25 Å². The van der Waals surface area contributed by atoms with Crippen LogP contribution in [0.3, 0.4) is 0 Å². The molecule has 0 amide bonds. The molecule has 5 aliphatic rings. The summed E-state index contributed by atoms with van der Waals surface area (Å²) in [6.07, 6.45) is 9.61. The van der Waals surface area contributed by atoms with Crippen LogP contribution in [0.25, 0.3) is 0 Å². The second-order valence-corrected chi connectivity index (χ2v) is 12.9. The van der Waals surface area contributed by atoms with Crippen molar-refractivity contribution in [2.45, 2.75) is 76.6 Å². The maximum absolute atomic E-state index is 14.0. The average molecular weight is 517 g/mol. The predicted molar refractivity (Wildman–Crippen MR) is 134 cm³/mol. The number of hydrogen-bond acceptors (Lipinski definition) is 8. The monoisotopic (exact) mass is 516 g/mol. The van der Waals surface area contributed by atoms with Gasteiger partial charge in [-0.1, -0.05) is 44.2 Å². The molecule has 8 atom stereocenters. The van der Waals surface area contributed by atoms with E-state index in [0.717, 1.165) is 31.0 Å². The van der Waals surface area contributed by atoms with Crippen molar-refractivity contribution in [3.05, 3.63) is 23.8 Å². The van der Waals surface area contributed by atoms with Crippen LogP contribution in [-0.4, -0.2) is 52.0 Å². The lowest BCUT2D eigenvalue weighted by Crippen LogP contribution is -2.59. The van der Waals surface area contributed by atoms with Crippen LogP contribution in [0.5, 0.6) is 0 Å². The number of aliphatic hydroxyl groups excluding tert-OH is 1. The van der Waals surface area contributed by atoms with Gasteiger partial charge in [0, 0.05) is 17.3 Å². The number of hydrogen-bond donors (Lipinski definition) is 1. The van der Waals surface area contributed by atoms with Gasteiger partial charge in [0.05, 0.1) is 19.6 Å². The van der Waals surface area contributed by atoms with Crippen molar-refractivity contribution < 1.29 is 33.8 Å². The number of esters is 2. The molecule has 3 saturated carbocycles. The summed E-state index contributed by atoms with van der Waals surface area (Å²) in [4.78, 5) is 51.1. The summed E-state index contributed by atoms with van der Waals surface area (Å²) in [5, 5.41) is 8.51. The second kappa shape index (κ2) is 9.12. The standard InChI is InChI=1S/C28H36O7S/c1-16-14-18-19(26(2)9-4-17(30)15-21(16)26)5-10-27(3)20(18)6-11-28(27,35-23(31)7-12-29)25(33)36-22-8-13-34-24(22)32/h4,9,15-16,18-20,22,29H,5-8,10-14H2,1-3H3/t16-,18+,19-,20-,22-,26+,27-,28-/m0/s1. The van der Waals surface area contributed by atoms with Gasteiger partial charge in [0.2, 0.25) is 5.12 Å². The predicted octanol–water partition coefficient (Wildman–Crippen LogP) is 3.78. The fourth-order valence-electron chi connectivity index (χ4n) is 8.30. The van der Waals surface area contributed by atoms with E-state index in [4.69, 9.17) is 9.47 Å². The highest BCUT2D eigenvalue weighted by Gasteiger charge is 2.69. The van der Waals surface area contributed by atoms with Crippen LogP contribution >= 0.6 is 11.8 Å². The van der Waals surface area contributed by atoms with E-state index in [1.54, 1.807) is 6.08 Å². The molecule has 1 aliphatic heterocycles. The summed E-state index contributed by atoms with van der Waals surface area (Å²) in [5.41, 5.74) is -0.883. The number of carbonyl (C=O) groups is 4. The van der Waals surface area contributed by atoms with Crippen LogP contribution in [0, 0.1) is 34.5 Å². The van der Waals surface area contributed by atoms with E-state index in [9.17, 15) is 24.3 Å². The lowest BCUT2D eigenvalue weighted by Gasteiger charge is -2.59. The zero-order valence-corrected chi connectivity index (χ0v) is 22.1. The summed E-state index contributed by atoms with van der Waals surface area (Å²) >= 11 is 0.962. The zero-order chi connectivity index (χ0) is 25.9. The van der Waals surface area contributed by atoms with E-state index in [0.29, 0.717) is 37.7 Å². The summed E-state index contributed by atoms with van der Waals surface area (Å²) in [7, 11) is 0. The Morgan fingerprint density at radius 1 is 1.17 bits per heavy atom. The first-order valence-electron chi connectivity index (χ1n) is 13.2. The fraction of sp³-hybridized carbons (Fsp3) is 0.714. The molecule has 8 heteroatoms. The number of ketones is 1. The van der Waals surface area contributed by atoms with Gasteiger partial charge in [-0.2, -0.15) is 0 Å². The Kier molecular flexibility index (Phi) is 6.51. The van der Waals surface area contributed by atoms with E-state index in [1.807, 2.05) is 6.08 Å². The summed E-state index contributed by atoms with van der Waals surface area (Å²) in [6, 6.07) is 0. The minimum atomic E-state index is -1.33. The maximum Gasteiger partial charge on any atom is 0.319 e. The van der Waals surface area contributed by atoms with Gasteiger partial charge in [-0.15, -0.1) is 0 Å². The van der Waals surface area contributed by atoms with Gasteiger partial charge in [-0.05, 0) is 67.9 Å². The van der Waals surface area contributed by atoms with Crippen molar-refractivity contribution in [1.82, 2.24) is 0 Å². The molecular weight excluding hydrogens is 480 g/mol. The first-order chi connectivity index (χ1) is 17.1. The third-order valence-electron chi connectivity index (χ3n) is 10.1. The highest BCUT2D eigenvalue weighted by Crippen LogP contribution is 2.69. The maximum atomic E-state index is 14.0. The summed E-state index contributed by atoms with van der Waals surface area (Å²) in [5.74, 6) is 0.179. The van der Waals surface area contributed by atoms with Crippen molar-refractivity contribution in [3.63, 3.8) is 0 Å². The normalized spacial score (nSPS) is 43.2. The number of aliphatic hydroxyl groups is 1. The van der Waals surface area contributed by atoms with E-state index >= 15 is 0 Å². The van der Waals surface area contributed by atoms with Gasteiger partial charge >= 0.3 is 11.9 Å². The van der Waals surface area contributed by atoms with Crippen LogP contribution in [-0.2, 0) is 28.7 Å². The molecule has 196 valence electrons. The number of ether oxygens (including phenoxy) is 2. The fourth-order valence-corrected chi connectivity index (χ4v) is 9.51. The number of allylic oxidation sites excluding steroid dienone is 4. The molecule has 7 nitrogen and oxygen atoms in total. The minimum Gasteiger partial charge on any atom is -0.465 e. The molecule has 5 rings (SSSR count). The van der Waals surface area contributed by atoms with Crippen LogP contribution in [0.2, 0.25) is 0 Å².